The standard InChI is InChI=1S/C19H23N3O4S/c1-26-18-7-3-2-6-17(18)21-27(24,25)16-10-8-14(9-11-16)19(23)22-12-4-5-15(20)13-22/h2-3,6-11,15,21H,4-5,12-13,20H2,1H3. The molecule has 3 rings (SSSR count). The number of rotatable bonds is 5. The number of carbonyl (C=O) groups is 1. The number of anilines is 1. The maximum atomic E-state index is 12.6. The normalized spacial score (nSPS) is 17.4. The van der Waals surface area contributed by atoms with E-state index >= 15 is 0 Å². The molecule has 7 nitrogen and oxygen atoms in total. The van der Waals surface area contributed by atoms with E-state index in [9.17, 15) is 13.2 Å². The zero-order valence-electron chi connectivity index (χ0n) is 15.1. The number of amides is 1. The van der Waals surface area contributed by atoms with Crippen molar-refractivity contribution >= 4 is 21.6 Å². The average Bonchev–Trinajstić information content (AvgIpc) is 2.67. The van der Waals surface area contributed by atoms with Crippen LogP contribution in [0.5, 0.6) is 5.75 Å². The molecule has 0 saturated carbocycles. The van der Waals surface area contributed by atoms with Gasteiger partial charge in [0.15, 0.2) is 0 Å². The van der Waals surface area contributed by atoms with Gasteiger partial charge in [0.2, 0.25) is 0 Å². The fourth-order valence-electron chi connectivity index (χ4n) is 3.09. The first-order valence-electron chi connectivity index (χ1n) is 8.71. The van der Waals surface area contributed by atoms with E-state index in [0.29, 0.717) is 30.1 Å². The number of carbonyl (C=O) groups excluding carboxylic acids is 1. The van der Waals surface area contributed by atoms with Crippen LogP contribution in [0.3, 0.4) is 0 Å². The van der Waals surface area contributed by atoms with Crippen LogP contribution in [0, 0.1) is 0 Å². The number of likely N-dealkylation sites (tertiary alicyclic amines) is 1. The minimum absolute atomic E-state index is 0.00703. The number of nitrogens with one attached hydrogen (secondary N) is 1. The summed E-state index contributed by atoms with van der Waals surface area (Å²) < 4.78 is 32.9. The molecule has 3 N–H and O–H groups in total. The Morgan fingerprint density at radius 2 is 1.89 bits per heavy atom. The van der Waals surface area contributed by atoms with Crippen molar-refractivity contribution in [2.75, 3.05) is 24.9 Å². The summed E-state index contributed by atoms with van der Waals surface area (Å²) in [6.45, 7) is 1.19. The summed E-state index contributed by atoms with van der Waals surface area (Å²) in [5.41, 5.74) is 6.72. The summed E-state index contributed by atoms with van der Waals surface area (Å²) in [6.07, 6.45) is 1.79. The Morgan fingerprint density at radius 3 is 2.56 bits per heavy atom. The van der Waals surface area contributed by atoms with Crippen LogP contribution >= 0.6 is 0 Å². The van der Waals surface area contributed by atoms with Gasteiger partial charge < -0.3 is 15.4 Å². The monoisotopic (exact) mass is 389 g/mol. The SMILES string of the molecule is COc1ccccc1NS(=O)(=O)c1ccc(C(=O)N2CCCC(N)C2)cc1. The number of benzene rings is 2. The second-order valence-electron chi connectivity index (χ2n) is 6.48. The van der Waals surface area contributed by atoms with Gasteiger partial charge in [0.25, 0.3) is 15.9 Å². The molecule has 0 aliphatic carbocycles. The molecule has 1 saturated heterocycles. The third-order valence-electron chi connectivity index (χ3n) is 4.51. The van der Waals surface area contributed by atoms with Crippen molar-refractivity contribution in [3.63, 3.8) is 0 Å². The summed E-state index contributed by atoms with van der Waals surface area (Å²) in [5.74, 6) is 0.293. The van der Waals surface area contributed by atoms with Crippen LogP contribution in [0.1, 0.15) is 23.2 Å². The molecule has 8 heteroatoms. The molecule has 27 heavy (non-hydrogen) atoms. The molecule has 1 fully saturated rings. The van der Waals surface area contributed by atoms with Crippen molar-refractivity contribution in [3.05, 3.63) is 54.1 Å². The molecule has 1 aliphatic rings. The molecule has 0 radical (unpaired) electrons. The number of hydrogen-bond donors (Lipinski definition) is 2. The number of ether oxygens (including phenoxy) is 1. The number of piperidine rings is 1. The lowest BCUT2D eigenvalue weighted by Crippen LogP contribution is -2.45. The molecule has 144 valence electrons. The number of para-hydroxylation sites is 2. The topological polar surface area (TPSA) is 102 Å². The molecule has 1 heterocycles. The third kappa shape index (κ3) is 4.40. The van der Waals surface area contributed by atoms with Crippen molar-refractivity contribution < 1.29 is 17.9 Å². The zero-order valence-corrected chi connectivity index (χ0v) is 15.9. The smallest absolute Gasteiger partial charge is 0.262 e. The van der Waals surface area contributed by atoms with E-state index in [1.807, 2.05) is 0 Å². The molecule has 2 aromatic carbocycles. The predicted molar refractivity (Wildman–Crippen MR) is 103 cm³/mol. The van der Waals surface area contributed by atoms with Crippen LogP contribution in [-0.4, -0.2) is 45.5 Å². The van der Waals surface area contributed by atoms with E-state index in [4.69, 9.17) is 10.5 Å². The van der Waals surface area contributed by atoms with Gasteiger partial charge >= 0.3 is 0 Å². The molecule has 2 aromatic rings. The summed E-state index contributed by atoms with van der Waals surface area (Å²) in [4.78, 5) is 14.4. The second-order valence-corrected chi connectivity index (χ2v) is 8.17. The second kappa shape index (κ2) is 7.98. The van der Waals surface area contributed by atoms with Gasteiger partial charge in [-0.05, 0) is 49.2 Å². The quantitative estimate of drug-likeness (QED) is 0.815. The van der Waals surface area contributed by atoms with Crippen molar-refractivity contribution in [1.29, 1.82) is 0 Å². The molecule has 1 atom stereocenters. The molecular weight excluding hydrogens is 366 g/mol. The fraction of sp³-hybridized carbons (Fsp3) is 0.316. The van der Waals surface area contributed by atoms with E-state index in [2.05, 4.69) is 4.72 Å². The first-order chi connectivity index (χ1) is 12.9. The van der Waals surface area contributed by atoms with Crippen LogP contribution < -0.4 is 15.2 Å². The van der Waals surface area contributed by atoms with Crippen LogP contribution in [0.2, 0.25) is 0 Å². The summed E-state index contributed by atoms with van der Waals surface area (Å²) >= 11 is 0. The Hall–Kier alpha value is -2.58. The van der Waals surface area contributed by atoms with Crippen LogP contribution in [-0.2, 0) is 10.0 Å². The zero-order chi connectivity index (χ0) is 19.4. The molecule has 1 unspecified atom stereocenters. The van der Waals surface area contributed by atoms with Gasteiger partial charge in [0.05, 0.1) is 17.7 Å². The highest BCUT2D eigenvalue weighted by Crippen LogP contribution is 2.26. The summed E-state index contributed by atoms with van der Waals surface area (Å²) in [5, 5.41) is 0. The average molecular weight is 389 g/mol. The Kier molecular flexibility index (Phi) is 5.67. The van der Waals surface area contributed by atoms with E-state index in [1.54, 1.807) is 29.2 Å². The summed E-state index contributed by atoms with van der Waals surface area (Å²) in [7, 11) is -2.32. The van der Waals surface area contributed by atoms with E-state index in [-0.39, 0.29) is 16.8 Å². The van der Waals surface area contributed by atoms with Gasteiger partial charge in [-0.2, -0.15) is 0 Å². The van der Waals surface area contributed by atoms with Crippen molar-refractivity contribution in [1.82, 2.24) is 4.90 Å². The number of hydrogen-bond acceptors (Lipinski definition) is 5. The fourth-order valence-corrected chi connectivity index (χ4v) is 4.16. The molecular formula is C19H23N3O4S. The lowest BCUT2D eigenvalue weighted by Gasteiger charge is -2.30. The highest BCUT2D eigenvalue weighted by molar-refractivity contribution is 7.92. The first-order valence-corrected chi connectivity index (χ1v) is 10.2. The number of nitrogens with zero attached hydrogens (tertiary/aromatic N) is 1. The third-order valence-corrected chi connectivity index (χ3v) is 5.89. The molecule has 0 spiro atoms. The van der Waals surface area contributed by atoms with Crippen molar-refractivity contribution in [2.45, 2.75) is 23.8 Å². The van der Waals surface area contributed by atoms with Gasteiger partial charge in [-0.15, -0.1) is 0 Å². The summed E-state index contributed by atoms with van der Waals surface area (Å²) in [6, 6.07) is 12.7. The highest BCUT2D eigenvalue weighted by Gasteiger charge is 2.23. The van der Waals surface area contributed by atoms with Crippen molar-refractivity contribution in [3.8, 4) is 5.75 Å². The molecule has 0 bridgehead atoms. The van der Waals surface area contributed by atoms with Gasteiger partial charge in [-0.3, -0.25) is 9.52 Å². The van der Waals surface area contributed by atoms with Gasteiger partial charge in [-0.25, -0.2) is 8.42 Å². The lowest BCUT2D eigenvalue weighted by molar-refractivity contribution is 0.0708. The minimum Gasteiger partial charge on any atom is -0.495 e. The predicted octanol–water partition coefficient (Wildman–Crippen LogP) is 2.06. The van der Waals surface area contributed by atoms with Crippen molar-refractivity contribution in [2.24, 2.45) is 5.73 Å². The largest absolute Gasteiger partial charge is 0.495 e. The van der Waals surface area contributed by atoms with E-state index in [1.165, 1.54) is 31.4 Å². The molecule has 1 aliphatic heterocycles. The maximum absolute atomic E-state index is 12.6. The highest BCUT2D eigenvalue weighted by atomic mass is 32.2. The van der Waals surface area contributed by atoms with Crippen LogP contribution in [0.4, 0.5) is 5.69 Å². The minimum atomic E-state index is -3.80. The lowest BCUT2D eigenvalue weighted by atomic mass is 10.1. The van der Waals surface area contributed by atoms with Gasteiger partial charge in [0.1, 0.15) is 5.75 Å². The van der Waals surface area contributed by atoms with Gasteiger partial charge in [0, 0.05) is 24.7 Å². The Balaban J connectivity index is 1.77. The maximum Gasteiger partial charge on any atom is 0.262 e. The number of sulfonamides is 1. The number of methoxy groups -OCH3 is 1. The Morgan fingerprint density at radius 1 is 1.19 bits per heavy atom. The Bertz CT molecular complexity index is 913. The van der Waals surface area contributed by atoms with E-state index in [0.717, 1.165) is 12.8 Å². The van der Waals surface area contributed by atoms with Gasteiger partial charge in [-0.1, -0.05) is 12.1 Å². The molecule has 0 aromatic heterocycles. The van der Waals surface area contributed by atoms with Crippen LogP contribution in [0.15, 0.2) is 53.4 Å². The Labute approximate surface area is 159 Å². The first kappa shape index (κ1) is 19.2. The van der Waals surface area contributed by atoms with Crippen LogP contribution in [0.25, 0.3) is 0 Å². The number of nitrogens with two attached hydrogens (primary N) is 1. The van der Waals surface area contributed by atoms with E-state index < -0.39 is 10.0 Å². The molecule has 1 amide bonds.